The van der Waals surface area contributed by atoms with E-state index in [2.05, 4.69) is 26.2 Å². The molecule has 5 nitrogen and oxygen atoms in total. The number of anilines is 2. The largest absolute Gasteiger partial charge is 0.399 e. The van der Waals surface area contributed by atoms with Crippen LogP contribution in [0.25, 0.3) is 0 Å². The van der Waals surface area contributed by atoms with Crippen molar-refractivity contribution >= 4 is 33.2 Å². The van der Waals surface area contributed by atoms with Crippen molar-refractivity contribution in [3.8, 4) is 0 Å². The first kappa shape index (κ1) is 13.6. The lowest BCUT2D eigenvalue weighted by atomic mass is 10.3. The highest BCUT2D eigenvalue weighted by atomic mass is 79.9. The molecule has 3 N–H and O–H groups in total. The van der Waals surface area contributed by atoms with Crippen molar-refractivity contribution in [3.05, 3.63) is 40.9 Å². The second-order valence-corrected chi connectivity index (χ2v) is 4.97. The first-order valence-electron chi connectivity index (χ1n) is 5.95. The Hall–Kier alpha value is -1.82. The van der Waals surface area contributed by atoms with Crippen LogP contribution in [0.3, 0.4) is 0 Å². The molecule has 1 heterocycles. The highest BCUT2D eigenvalue weighted by Gasteiger charge is 2.08. The van der Waals surface area contributed by atoms with Crippen LogP contribution in [0.4, 0.5) is 11.4 Å². The fraction of sp³-hybridized carbons (Fsp3) is 0.231. The molecule has 0 saturated carbocycles. The minimum absolute atomic E-state index is 0.0989. The first-order valence-corrected chi connectivity index (χ1v) is 6.74. The molecule has 2 aromatic rings. The molecule has 2 rings (SSSR count). The number of aromatic nitrogens is 2. The SMILES string of the molecule is CCc1nccn1CC(=O)Nc1ccc(N)cc1Br. The second-order valence-electron chi connectivity index (χ2n) is 4.11. The normalized spacial score (nSPS) is 10.4. The zero-order valence-corrected chi connectivity index (χ0v) is 12.1. The van der Waals surface area contributed by atoms with Gasteiger partial charge in [0.2, 0.25) is 5.91 Å². The summed E-state index contributed by atoms with van der Waals surface area (Å²) in [5.41, 5.74) is 7.00. The van der Waals surface area contributed by atoms with Crippen LogP contribution >= 0.6 is 15.9 Å². The summed E-state index contributed by atoms with van der Waals surface area (Å²) in [4.78, 5) is 16.2. The van der Waals surface area contributed by atoms with Crippen molar-refractivity contribution in [3.63, 3.8) is 0 Å². The standard InChI is InChI=1S/C13H15BrN4O/c1-2-12-16-5-6-18(12)8-13(19)17-11-4-3-9(15)7-10(11)14/h3-7H,2,8,15H2,1H3,(H,17,19). The van der Waals surface area contributed by atoms with Crippen molar-refractivity contribution in [2.24, 2.45) is 0 Å². The number of nitrogen functional groups attached to an aromatic ring is 1. The zero-order valence-electron chi connectivity index (χ0n) is 10.6. The number of hydrogen-bond acceptors (Lipinski definition) is 3. The van der Waals surface area contributed by atoms with Crippen LogP contribution in [0.1, 0.15) is 12.7 Å². The Bertz CT molecular complexity index is 594. The van der Waals surface area contributed by atoms with Gasteiger partial charge in [0.05, 0.1) is 5.69 Å². The molecule has 0 radical (unpaired) electrons. The molecule has 6 heteroatoms. The number of aryl methyl sites for hydroxylation is 1. The summed E-state index contributed by atoms with van der Waals surface area (Å²) in [7, 11) is 0. The molecule has 0 bridgehead atoms. The van der Waals surface area contributed by atoms with Crippen LogP contribution in [-0.4, -0.2) is 15.5 Å². The van der Waals surface area contributed by atoms with Crippen LogP contribution < -0.4 is 11.1 Å². The molecule has 19 heavy (non-hydrogen) atoms. The van der Waals surface area contributed by atoms with Gasteiger partial charge < -0.3 is 15.6 Å². The number of benzene rings is 1. The Morgan fingerprint density at radius 1 is 1.53 bits per heavy atom. The van der Waals surface area contributed by atoms with Gasteiger partial charge >= 0.3 is 0 Å². The number of nitrogens with zero attached hydrogens (tertiary/aromatic N) is 2. The molecule has 0 unspecified atom stereocenters. The Balaban J connectivity index is 2.05. The van der Waals surface area contributed by atoms with Gasteiger partial charge in [-0.1, -0.05) is 6.92 Å². The van der Waals surface area contributed by atoms with Crippen molar-refractivity contribution < 1.29 is 4.79 Å². The van der Waals surface area contributed by atoms with Crippen molar-refractivity contribution in [2.45, 2.75) is 19.9 Å². The first-order chi connectivity index (χ1) is 9.10. The van der Waals surface area contributed by atoms with Gasteiger partial charge in [-0.05, 0) is 34.1 Å². The Morgan fingerprint density at radius 3 is 3.00 bits per heavy atom. The number of carbonyl (C=O) groups excluding carboxylic acids is 1. The summed E-state index contributed by atoms with van der Waals surface area (Å²) >= 11 is 3.37. The van der Waals surface area contributed by atoms with Crippen molar-refractivity contribution in [1.82, 2.24) is 9.55 Å². The van der Waals surface area contributed by atoms with Gasteiger partial charge in [-0.3, -0.25) is 4.79 Å². The molecular formula is C13H15BrN4O. The number of rotatable bonds is 4. The molecular weight excluding hydrogens is 308 g/mol. The predicted octanol–water partition coefficient (Wildman–Crippen LogP) is 2.43. The number of halogens is 1. The smallest absolute Gasteiger partial charge is 0.244 e. The van der Waals surface area contributed by atoms with Crippen LogP contribution in [0, 0.1) is 0 Å². The van der Waals surface area contributed by atoms with Crippen LogP contribution in [0.2, 0.25) is 0 Å². The minimum Gasteiger partial charge on any atom is -0.399 e. The highest BCUT2D eigenvalue weighted by molar-refractivity contribution is 9.10. The zero-order chi connectivity index (χ0) is 13.8. The quantitative estimate of drug-likeness (QED) is 0.849. The van der Waals surface area contributed by atoms with E-state index in [1.807, 2.05) is 11.5 Å². The molecule has 1 aromatic carbocycles. The topological polar surface area (TPSA) is 72.9 Å². The van der Waals surface area contributed by atoms with Crippen molar-refractivity contribution in [1.29, 1.82) is 0 Å². The monoisotopic (exact) mass is 322 g/mol. The molecule has 0 saturated heterocycles. The Morgan fingerprint density at radius 2 is 2.32 bits per heavy atom. The van der Waals surface area contributed by atoms with Crippen LogP contribution in [0.5, 0.6) is 0 Å². The van der Waals surface area contributed by atoms with Gasteiger partial charge in [-0.25, -0.2) is 4.98 Å². The predicted molar refractivity (Wildman–Crippen MR) is 78.8 cm³/mol. The lowest BCUT2D eigenvalue weighted by Gasteiger charge is -2.09. The van der Waals surface area contributed by atoms with Crippen molar-refractivity contribution in [2.75, 3.05) is 11.1 Å². The van der Waals surface area contributed by atoms with Gasteiger partial charge in [0.1, 0.15) is 12.4 Å². The highest BCUT2D eigenvalue weighted by Crippen LogP contribution is 2.24. The Kier molecular flexibility index (Phi) is 4.21. The third-order valence-corrected chi connectivity index (χ3v) is 3.36. The molecule has 0 aliphatic carbocycles. The van der Waals surface area contributed by atoms with E-state index >= 15 is 0 Å². The molecule has 0 atom stereocenters. The summed E-state index contributed by atoms with van der Waals surface area (Å²) in [5, 5.41) is 2.84. The van der Waals surface area contributed by atoms with E-state index in [1.165, 1.54) is 0 Å². The lowest BCUT2D eigenvalue weighted by molar-refractivity contribution is -0.116. The fourth-order valence-electron chi connectivity index (χ4n) is 1.78. The lowest BCUT2D eigenvalue weighted by Crippen LogP contribution is -2.19. The molecule has 0 fully saturated rings. The minimum atomic E-state index is -0.0989. The van der Waals surface area contributed by atoms with Gasteiger partial charge in [0.15, 0.2) is 0 Å². The molecule has 1 aromatic heterocycles. The average molecular weight is 323 g/mol. The van der Waals surface area contributed by atoms with E-state index in [9.17, 15) is 4.79 Å². The number of amides is 1. The fourth-order valence-corrected chi connectivity index (χ4v) is 2.27. The van der Waals surface area contributed by atoms with Gasteiger partial charge in [-0.15, -0.1) is 0 Å². The second kappa shape index (κ2) is 5.88. The molecule has 0 aliphatic heterocycles. The summed E-state index contributed by atoms with van der Waals surface area (Å²) < 4.78 is 2.60. The number of carbonyl (C=O) groups is 1. The molecule has 0 aliphatic rings. The average Bonchev–Trinajstić information content (AvgIpc) is 2.80. The van der Waals surface area contributed by atoms with Gasteiger partial charge in [0, 0.05) is 29.0 Å². The van der Waals surface area contributed by atoms with Crippen LogP contribution in [0.15, 0.2) is 35.1 Å². The summed E-state index contributed by atoms with van der Waals surface area (Å²) in [6, 6.07) is 5.27. The van der Waals surface area contributed by atoms with E-state index in [4.69, 9.17) is 5.73 Å². The third-order valence-electron chi connectivity index (χ3n) is 2.70. The van der Waals surface area contributed by atoms with Gasteiger partial charge in [0.25, 0.3) is 0 Å². The van der Waals surface area contributed by atoms with Gasteiger partial charge in [-0.2, -0.15) is 0 Å². The molecule has 100 valence electrons. The number of imidazole rings is 1. The molecule has 0 spiro atoms. The summed E-state index contributed by atoms with van der Waals surface area (Å²) in [6.07, 6.45) is 4.30. The van der Waals surface area contributed by atoms with Crippen LogP contribution in [-0.2, 0) is 17.8 Å². The maximum Gasteiger partial charge on any atom is 0.244 e. The maximum atomic E-state index is 12.0. The third kappa shape index (κ3) is 3.35. The number of nitrogens with two attached hydrogens (primary N) is 1. The maximum absolute atomic E-state index is 12.0. The van der Waals surface area contributed by atoms with E-state index in [-0.39, 0.29) is 12.5 Å². The molecule has 1 amide bonds. The van der Waals surface area contributed by atoms with E-state index in [1.54, 1.807) is 30.6 Å². The summed E-state index contributed by atoms with van der Waals surface area (Å²) in [5.74, 6) is 0.796. The van der Waals surface area contributed by atoms with E-state index < -0.39 is 0 Å². The number of nitrogens with one attached hydrogen (secondary N) is 1. The van der Waals surface area contributed by atoms with E-state index in [0.717, 1.165) is 16.7 Å². The Labute approximate surface area is 120 Å². The number of hydrogen-bond donors (Lipinski definition) is 2. The van der Waals surface area contributed by atoms with E-state index in [0.29, 0.717) is 11.4 Å². The summed E-state index contributed by atoms with van der Waals surface area (Å²) in [6.45, 7) is 2.26.